The van der Waals surface area contributed by atoms with Crippen molar-refractivity contribution in [2.24, 2.45) is 11.8 Å². The number of ether oxygens (including phenoxy) is 2. The molecule has 2 aromatic rings. The number of aryl methyl sites for hydroxylation is 1. The molecule has 2 aliphatic rings. The van der Waals surface area contributed by atoms with E-state index in [-0.39, 0.29) is 45.6 Å². The van der Waals surface area contributed by atoms with Crippen molar-refractivity contribution >= 4 is 50.7 Å². The maximum atomic E-state index is 12.9. The Bertz CT molecular complexity index is 1260. The number of likely N-dealkylation sites (N-methyl/N-ethyl adjacent to an activating group) is 1. The number of nitrogens with zero attached hydrogens (tertiary/aromatic N) is 2. The van der Waals surface area contributed by atoms with Gasteiger partial charge in [-0.1, -0.05) is 65.1 Å². The highest BCUT2D eigenvalue weighted by atomic mass is 35.5. The fourth-order valence-electron chi connectivity index (χ4n) is 6.08. The van der Waals surface area contributed by atoms with Gasteiger partial charge in [0.25, 0.3) is 0 Å². The third-order valence-electron chi connectivity index (χ3n) is 8.52. The largest absolute Gasteiger partial charge is 0.379 e. The van der Waals surface area contributed by atoms with Crippen LogP contribution in [-0.2, 0) is 30.7 Å². The van der Waals surface area contributed by atoms with Crippen LogP contribution in [0.3, 0.4) is 0 Å². The van der Waals surface area contributed by atoms with E-state index in [1.165, 1.54) is 24.7 Å². The summed E-state index contributed by atoms with van der Waals surface area (Å²) >= 11 is 18.1. The molecule has 2 fully saturated rings. The molecule has 0 aromatic heterocycles. The molecule has 8 nitrogen and oxygen atoms in total. The first-order chi connectivity index (χ1) is 20.6. The summed E-state index contributed by atoms with van der Waals surface area (Å²) in [6.45, 7) is 4.18. The topological polar surface area (TPSA) is 88.2 Å². The highest BCUT2D eigenvalue weighted by molar-refractivity contribution is 7.89. The molecule has 0 spiro atoms. The number of sulfonamides is 1. The highest BCUT2D eigenvalue weighted by Gasteiger charge is 2.32. The van der Waals surface area contributed by atoms with Gasteiger partial charge in [-0.15, -0.1) is 0 Å². The van der Waals surface area contributed by atoms with Crippen molar-refractivity contribution in [3.63, 3.8) is 0 Å². The van der Waals surface area contributed by atoms with Gasteiger partial charge in [0.2, 0.25) is 15.9 Å². The third-order valence-corrected chi connectivity index (χ3v) is 11.5. The van der Waals surface area contributed by atoms with Crippen molar-refractivity contribution in [1.29, 1.82) is 0 Å². The molecule has 1 heterocycles. The molecule has 1 saturated heterocycles. The van der Waals surface area contributed by atoms with Crippen LogP contribution < -0.4 is 5.32 Å². The monoisotopic (exact) mass is 673 g/mol. The lowest BCUT2D eigenvalue weighted by molar-refractivity contribution is -0.126. The van der Waals surface area contributed by atoms with E-state index < -0.39 is 10.0 Å². The second-order valence-corrected chi connectivity index (χ2v) is 14.6. The first-order valence-electron chi connectivity index (χ1n) is 15.0. The number of nitrogens with one attached hydrogen (secondary N) is 1. The van der Waals surface area contributed by atoms with E-state index >= 15 is 0 Å². The summed E-state index contributed by atoms with van der Waals surface area (Å²) in [5.74, 6) is 0.901. The van der Waals surface area contributed by atoms with Crippen molar-refractivity contribution in [2.45, 2.75) is 49.5 Å². The normalized spacial score (nSPS) is 20.7. The van der Waals surface area contributed by atoms with E-state index in [2.05, 4.69) is 40.5 Å². The molecule has 1 N–H and O–H groups in total. The number of carbonyl (C=O) groups excluding carboxylic acids is 1. The highest BCUT2D eigenvalue weighted by Crippen LogP contribution is 2.35. The molecule has 1 unspecified atom stereocenters. The van der Waals surface area contributed by atoms with Gasteiger partial charge in [-0.05, 0) is 68.1 Å². The van der Waals surface area contributed by atoms with Gasteiger partial charge in [-0.2, -0.15) is 4.31 Å². The number of benzene rings is 2. The standard InChI is InChI=1S/C31H42Cl3N3O5S/c1-36(43(39,40)31-27(33)19-26(32)20-28(31)34)13-16-42-22-30(38)35-21-24-7-10-25(11-8-24)29(37-14-17-41-18-15-37)12-9-23-5-3-2-4-6-23/h2-6,19-20,24-25,29H,7-18,21-22H2,1H3,(H,35,38). The van der Waals surface area contributed by atoms with Crippen molar-refractivity contribution in [1.82, 2.24) is 14.5 Å². The van der Waals surface area contributed by atoms with Gasteiger partial charge in [0.15, 0.2) is 0 Å². The van der Waals surface area contributed by atoms with E-state index in [9.17, 15) is 13.2 Å². The molecule has 2 aromatic carbocycles. The fraction of sp³-hybridized carbons (Fsp3) is 0.581. The number of rotatable bonds is 14. The lowest BCUT2D eigenvalue weighted by Crippen LogP contribution is -2.48. The second kappa shape index (κ2) is 16.8. The van der Waals surface area contributed by atoms with Crippen LogP contribution in [0.25, 0.3) is 0 Å². The smallest absolute Gasteiger partial charge is 0.246 e. The Hall–Kier alpha value is -1.43. The van der Waals surface area contributed by atoms with Crippen LogP contribution in [0.15, 0.2) is 47.4 Å². The van der Waals surface area contributed by atoms with E-state index in [0.717, 1.165) is 69.1 Å². The van der Waals surface area contributed by atoms with Crippen LogP contribution in [0.4, 0.5) is 0 Å². The lowest BCUT2D eigenvalue weighted by atomic mass is 9.76. The van der Waals surface area contributed by atoms with E-state index in [1.807, 2.05) is 0 Å². The molecule has 1 saturated carbocycles. The number of hydrogen-bond donors (Lipinski definition) is 1. The van der Waals surface area contributed by atoms with Gasteiger partial charge in [0, 0.05) is 44.3 Å². The van der Waals surface area contributed by atoms with Crippen LogP contribution >= 0.6 is 34.8 Å². The van der Waals surface area contributed by atoms with Crippen LogP contribution in [0.1, 0.15) is 37.7 Å². The molecule has 238 valence electrons. The SMILES string of the molecule is CN(CCOCC(=O)NCC1CCC(C(CCc2ccccc2)N2CCOCC2)CC1)S(=O)(=O)c1c(Cl)cc(Cl)cc1Cl. The zero-order valence-electron chi connectivity index (χ0n) is 24.7. The lowest BCUT2D eigenvalue weighted by Gasteiger charge is -2.42. The summed E-state index contributed by atoms with van der Waals surface area (Å²) < 4.78 is 38.0. The average molecular weight is 675 g/mol. The zero-order valence-corrected chi connectivity index (χ0v) is 27.7. The van der Waals surface area contributed by atoms with Crippen LogP contribution in [0.5, 0.6) is 0 Å². The quantitative estimate of drug-likeness (QED) is 0.265. The maximum Gasteiger partial charge on any atom is 0.246 e. The Morgan fingerprint density at radius 2 is 1.72 bits per heavy atom. The number of hydrogen-bond acceptors (Lipinski definition) is 6. The Balaban J connectivity index is 1.16. The average Bonchev–Trinajstić information content (AvgIpc) is 2.99. The van der Waals surface area contributed by atoms with Gasteiger partial charge in [-0.25, -0.2) is 8.42 Å². The molecule has 1 atom stereocenters. The van der Waals surface area contributed by atoms with E-state index in [4.69, 9.17) is 44.3 Å². The molecule has 4 rings (SSSR count). The van der Waals surface area contributed by atoms with Crippen molar-refractivity contribution < 1.29 is 22.7 Å². The maximum absolute atomic E-state index is 12.9. The molecular weight excluding hydrogens is 633 g/mol. The molecule has 0 radical (unpaired) electrons. The molecule has 1 aliphatic heterocycles. The number of carbonyl (C=O) groups is 1. The third kappa shape index (κ3) is 10.0. The minimum atomic E-state index is -3.96. The van der Waals surface area contributed by atoms with Gasteiger partial charge in [0.05, 0.1) is 29.9 Å². The Morgan fingerprint density at radius 3 is 2.37 bits per heavy atom. The first-order valence-corrected chi connectivity index (χ1v) is 17.5. The number of amides is 1. The van der Waals surface area contributed by atoms with E-state index in [0.29, 0.717) is 24.4 Å². The molecule has 1 aliphatic carbocycles. The summed E-state index contributed by atoms with van der Waals surface area (Å²) in [6.07, 6.45) is 6.76. The number of halogens is 3. The summed E-state index contributed by atoms with van der Waals surface area (Å²) in [6, 6.07) is 13.9. The second-order valence-electron chi connectivity index (χ2n) is 11.4. The van der Waals surface area contributed by atoms with Crippen LogP contribution in [0, 0.1) is 11.8 Å². The van der Waals surface area contributed by atoms with Crippen molar-refractivity contribution in [3.8, 4) is 0 Å². The molecule has 43 heavy (non-hydrogen) atoms. The minimum absolute atomic E-state index is 0.0312. The number of morpholine rings is 1. The first kappa shape index (κ1) is 34.4. The molecule has 0 bridgehead atoms. The van der Waals surface area contributed by atoms with Crippen LogP contribution in [0.2, 0.25) is 15.1 Å². The minimum Gasteiger partial charge on any atom is -0.379 e. The summed E-state index contributed by atoms with van der Waals surface area (Å²) in [5, 5.41) is 3.14. The van der Waals surface area contributed by atoms with Crippen molar-refractivity contribution in [3.05, 3.63) is 63.1 Å². The Kier molecular flexibility index (Phi) is 13.4. The fourth-order valence-corrected chi connectivity index (χ4v) is 8.72. The zero-order chi connectivity index (χ0) is 30.8. The summed E-state index contributed by atoms with van der Waals surface area (Å²) in [4.78, 5) is 14.9. The van der Waals surface area contributed by atoms with Gasteiger partial charge in [-0.3, -0.25) is 9.69 Å². The predicted octanol–water partition coefficient (Wildman–Crippen LogP) is 5.54. The molecule has 1 amide bonds. The van der Waals surface area contributed by atoms with Gasteiger partial charge >= 0.3 is 0 Å². The summed E-state index contributed by atoms with van der Waals surface area (Å²) in [7, 11) is -2.55. The van der Waals surface area contributed by atoms with Gasteiger partial charge < -0.3 is 14.8 Å². The molecular formula is C31H42Cl3N3O5S. The summed E-state index contributed by atoms with van der Waals surface area (Å²) in [5.41, 5.74) is 1.39. The van der Waals surface area contributed by atoms with Crippen molar-refractivity contribution in [2.75, 3.05) is 59.7 Å². The predicted molar refractivity (Wildman–Crippen MR) is 172 cm³/mol. The van der Waals surface area contributed by atoms with E-state index in [1.54, 1.807) is 0 Å². The Morgan fingerprint density at radius 1 is 1.07 bits per heavy atom. The van der Waals surface area contributed by atoms with Gasteiger partial charge in [0.1, 0.15) is 11.5 Å². The Labute approximate surface area is 271 Å². The van der Waals surface area contributed by atoms with Crippen LogP contribution in [-0.4, -0.2) is 89.2 Å². The molecule has 12 heteroatoms.